The zero-order valence-electron chi connectivity index (χ0n) is 19.0. The van der Waals surface area contributed by atoms with Crippen LogP contribution in [0.4, 0.5) is 4.39 Å². The van der Waals surface area contributed by atoms with Crippen LogP contribution in [0.3, 0.4) is 0 Å². The Labute approximate surface area is 196 Å². The quantitative estimate of drug-likeness (QED) is 0.395. The number of fused-ring (bicyclic) bond motifs is 1. The normalized spacial score (nSPS) is 19.6. The monoisotopic (exact) mass is 469 g/mol. The van der Waals surface area contributed by atoms with Crippen LogP contribution in [0.2, 0.25) is 0 Å². The molecule has 3 unspecified atom stereocenters. The van der Waals surface area contributed by atoms with Gasteiger partial charge in [0.2, 0.25) is 5.91 Å². The summed E-state index contributed by atoms with van der Waals surface area (Å²) in [6.45, 7) is 6.98. The van der Waals surface area contributed by atoms with Crippen molar-refractivity contribution in [2.24, 2.45) is 0 Å². The summed E-state index contributed by atoms with van der Waals surface area (Å²) in [5.41, 5.74) is 0.290. The van der Waals surface area contributed by atoms with Crippen molar-refractivity contribution >= 4 is 28.6 Å². The Morgan fingerprint density at radius 1 is 1.15 bits per heavy atom. The number of morpholine rings is 1. The highest BCUT2D eigenvalue weighted by molar-refractivity contribution is 8.00. The average Bonchev–Trinajstić information content (AvgIpc) is 2.79. The molecule has 6 nitrogen and oxygen atoms in total. The molecule has 0 aliphatic carbocycles. The smallest absolute Gasteiger partial charge is 0.266 e. The molecule has 0 radical (unpaired) electrons. The largest absolute Gasteiger partial charge is 0.372 e. The topological polar surface area (TPSA) is 64.4 Å². The van der Waals surface area contributed by atoms with Gasteiger partial charge in [0.15, 0.2) is 5.16 Å². The van der Waals surface area contributed by atoms with Gasteiger partial charge in [0.05, 0.1) is 34.0 Å². The molecule has 1 saturated heterocycles. The SMILES string of the molecule is CCCC(Sc1nc2ccccc2c(=O)n1-c1ccccc1F)C(=O)N1CC(C)OC(C)C1. The fourth-order valence-electron chi connectivity index (χ4n) is 4.22. The number of carbonyl (C=O) groups excluding carboxylic acids is 1. The summed E-state index contributed by atoms with van der Waals surface area (Å²) in [5, 5.41) is 0.267. The van der Waals surface area contributed by atoms with E-state index in [1.165, 1.54) is 22.4 Å². The molecule has 1 aliphatic rings. The van der Waals surface area contributed by atoms with Crippen molar-refractivity contribution < 1.29 is 13.9 Å². The number of para-hydroxylation sites is 2. The van der Waals surface area contributed by atoms with Gasteiger partial charge in [-0.05, 0) is 44.5 Å². The Morgan fingerprint density at radius 2 is 1.82 bits per heavy atom. The molecule has 1 amide bonds. The van der Waals surface area contributed by atoms with Gasteiger partial charge in [-0.2, -0.15) is 0 Å². The summed E-state index contributed by atoms with van der Waals surface area (Å²) in [6.07, 6.45) is 1.32. The van der Waals surface area contributed by atoms with E-state index in [-0.39, 0.29) is 29.4 Å². The van der Waals surface area contributed by atoms with E-state index in [1.54, 1.807) is 36.4 Å². The molecule has 0 spiro atoms. The second-order valence-corrected chi connectivity index (χ2v) is 9.57. The van der Waals surface area contributed by atoms with Crippen LogP contribution in [0, 0.1) is 5.82 Å². The Morgan fingerprint density at radius 3 is 2.52 bits per heavy atom. The van der Waals surface area contributed by atoms with Gasteiger partial charge in [-0.3, -0.25) is 14.2 Å². The molecule has 174 valence electrons. The Bertz CT molecular complexity index is 1200. The minimum absolute atomic E-state index is 0.00802. The maximum Gasteiger partial charge on any atom is 0.266 e. The van der Waals surface area contributed by atoms with Gasteiger partial charge in [0.1, 0.15) is 5.82 Å². The molecule has 2 aromatic carbocycles. The molecule has 8 heteroatoms. The number of benzene rings is 2. The molecule has 1 aliphatic heterocycles. The van der Waals surface area contributed by atoms with Gasteiger partial charge in [0.25, 0.3) is 5.56 Å². The van der Waals surface area contributed by atoms with Crippen LogP contribution in [0.15, 0.2) is 58.5 Å². The maximum atomic E-state index is 14.8. The lowest BCUT2D eigenvalue weighted by atomic mass is 10.2. The van der Waals surface area contributed by atoms with Crippen LogP contribution in [-0.4, -0.2) is 50.9 Å². The molecule has 3 atom stereocenters. The highest BCUT2D eigenvalue weighted by Crippen LogP contribution is 2.30. The van der Waals surface area contributed by atoms with Gasteiger partial charge in [-0.15, -0.1) is 0 Å². The standard InChI is InChI=1S/C25H28FN3O3S/c1-4-9-22(24(31)28-14-16(2)32-17(3)15-28)33-25-27-20-12-7-5-10-18(20)23(30)29(25)21-13-8-6-11-19(21)26/h5-8,10-13,16-17,22H,4,9,14-15H2,1-3H3. The van der Waals surface area contributed by atoms with Crippen LogP contribution in [-0.2, 0) is 9.53 Å². The van der Waals surface area contributed by atoms with E-state index in [0.717, 1.165) is 6.42 Å². The number of rotatable bonds is 6. The van der Waals surface area contributed by atoms with E-state index < -0.39 is 11.1 Å². The Balaban J connectivity index is 1.79. The first-order valence-corrected chi connectivity index (χ1v) is 12.1. The molecular formula is C25H28FN3O3S. The second-order valence-electron chi connectivity index (χ2n) is 8.40. The zero-order chi connectivity index (χ0) is 23.5. The van der Waals surface area contributed by atoms with Crippen molar-refractivity contribution in [2.75, 3.05) is 13.1 Å². The van der Waals surface area contributed by atoms with Gasteiger partial charge >= 0.3 is 0 Å². The molecule has 0 bridgehead atoms. The van der Waals surface area contributed by atoms with Crippen LogP contribution in [0.1, 0.15) is 33.6 Å². The molecular weight excluding hydrogens is 441 g/mol. The molecule has 33 heavy (non-hydrogen) atoms. The van der Waals surface area contributed by atoms with Crippen LogP contribution >= 0.6 is 11.8 Å². The molecule has 1 aromatic heterocycles. The van der Waals surface area contributed by atoms with Gasteiger partial charge in [-0.25, -0.2) is 9.37 Å². The Hall–Kier alpha value is -2.71. The zero-order valence-corrected chi connectivity index (χ0v) is 19.8. The number of carbonyl (C=O) groups is 1. The number of halogens is 1. The van der Waals surface area contributed by atoms with Crippen molar-refractivity contribution in [2.45, 2.75) is 56.2 Å². The van der Waals surface area contributed by atoms with Crippen LogP contribution < -0.4 is 5.56 Å². The molecule has 4 rings (SSSR count). The number of amides is 1. The number of nitrogens with zero attached hydrogens (tertiary/aromatic N) is 3. The minimum atomic E-state index is -0.521. The summed E-state index contributed by atoms with van der Waals surface area (Å²) in [5.74, 6) is -0.529. The number of aromatic nitrogens is 2. The van der Waals surface area contributed by atoms with E-state index >= 15 is 0 Å². The van der Waals surface area contributed by atoms with E-state index in [1.807, 2.05) is 31.7 Å². The van der Waals surface area contributed by atoms with E-state index in [9.17, 15) is 14.0 Å². The third kappa shape index (κ3) is 4.96. The third-order valence-corrected chi connectivity index (χ3v) is 6.85. The van der Waals surface area contributed by atoms with Crippen molar-refractivity contribution in [3.05, 3.63) is 64.7 Å². The molecule has 0 N–H and O–H groups in total. The number of thioether (sulfide) groups is 1. The van der Waals surface area contributed by atoms with E-state index in [4.69, 9.17) is 9.72 Å². The highest BCUT2D eigenvalue weighted by atomic mass is 32.2. The second kappa shape index (κ2) is 10.1. The lowest BCUT2D eigenvalue weighted by molar-refractivity contribution is -0.142. The fourth-order valence-corrected chi connectivity index (χ4v) is 5.52. The highest BCUT2D eigenvalue weighted by Gasteiger charge is 2.32. The molecule has 3 aromatic rings. The summed E-state index contributed by atoms with van der Waals surface area (Å²) in [4.78, 5) is 33.5. The van der Waals surface area contributed by atoms with Gasteiger partial charge < -0.3 is 9.64 Å². The minimum Gasteiger partial charge on any atom is -0.372 e. The van der Waals surface area contributed by atoms with E-state index in [2.05, 4.69) is 0 Å². The number of hydrogen-bond acceptors (Lipinski definition) is 5. The summed E-state index contributed by atoms with van der Waals surface area (Å²) in [6, 6.07) is 13.1. The first-order valence-electron chi connectivity index (χ1n) is 11.3. The van der Waals surface area contributed by atoms with Crippen molar-refractivity contribution in [3.63, 3.8) is 0 Å². The maximum absolute atomic E-state index is 14.8. The van der Waals surface area contributed by atoms with Gasteiger partial charge in [0, 0.05) is 13.1 Å². The summed E-state index contributed by atoms with van der Waals surface area (Å²) >= 11 is 1.23. The average molecular weight is 470 g/mol. The van der Waals surface area contributed by atoms with Crippen molar-refractivity contribution in [1.29, 1.82) is 0 Å². The fraction of sp³-hybridized carbons (Fsp3) is 0.400. The molecule has 0 saturated carbocycles. The molecule has 2 heterocycles. The number of hydrogen-bond donors (Lipinski definition) is 0. The predicted octanol–water partition coefficient (Wildman–Crippen LogP) is 4.42. The molecule has 1 fully saturated rings. The lowest BCUT2D eigenvalue weighted by Gasteiger charge is -2.37. The summed E-state index contributed by atoms with van der Waals surface area (Å²) < 4.78 is 21.8. The van der Waals surface area contributed by atoms with Crippen LogP contribution in [0.5, 0.6) is 0 Å². The lowest BCUT2D eigenvalue weighted by Crippen LogP contribution is -2.50. The van der Waals surface area contributed by atoms with Crippen molar-refractivity contribution in [1.82, 2.24) is 14.5 Å². The van der Waals surface area contributed by atoms with E-state index in [0.29, 0.717) is 35.6 Å². The first-order chi connectivity index (χ1) is 15.9. The third-order valence-electron chi connectivity index (χ3n) is 5.64. The predicted molar refractivity (Wildman–Crippen MR) is 128 cm³/mol. The first kappa shape index (κ1) is 23.4. The van der Waals surface area contributed by atoms with Crippen molar-refractivity contribution in [3.8, 4) is 5.69 Å². The number of ether oxygens (including phenoxy) is 1. The Kier molecular flexibility index (Phi) is 7.14. The van der Waals surface area contributed by atoms with Crippen LogP contribution in [0.25, 0.3) is 16.6 Å². The summed E-state index contributed by atoms with van der Waals surface area (Å²) in [7, 11) is 0. The van der Waals surface area contributed by atoms with Gasteiger partial charge in [-0.1, -0.05) is 49.4 Å².